The second-order valence-corrected chi connectivity index (χ2v) is 15.7. The number of hydrogen-bond donors (Lipinski definition) is 4. The summed E-state index contributed by atoms with van der Waals surface area (Å²) in [6.07, 6.45) is 0. The topological polar surface area (TPSA) is 80.9 Å². The van der Waals surface area contributed by atoms with Gasteiger partial charge in [-0.15, -0.1) is 0 Å². The highest BCUT2D eigenvalue weighted by Gasteiger charge is 2.47. The van der Waals surface area contributed by atoms with E-state index in [9.17, 15) is 20.4 Å². The molecule has 2 aliphatic carbocycles. The number of benzene rings is 8. The van der Waals surface area contributed by atoms with Gasteiger partial charge in [-0.25, -0.2) is 0 Å². The van der Waals surface area contributed by atoms with Crippen molar-refractivity contribution in [3.63, 3.8) is 0 Å². The van der Waals surface area contributed by atoms with Gasteiger partial charge >= 0.3 is 0 Å². The highest BCUT2D eigenvalue weighted by molar-refractivity contribution is 5.88. The Morgan fingerprint density at radius 1 is 0.293 bits per heavy atom. The van der Waals surface area contributed by atoms with Gasteiger partial charge in [0, 0.05) is 0 Å². The summed E-state index contributed by atoms with van der Waals surface area (Å²) in [6.45, 7) is 7.83. The standard InChI is InChI=1S/C29H26O2.C25H18O2/c1-17-13-21(14-18(2)27(17)30)29(22-15-19(3)28(31)20(4)16-22)25-11-7-5-9-23(25)24-10-6-8-12-26(24)29;26-19-13-9-17(10-14-19)25(18-11-15-20(27)16-12-18)23-7-3-1-5-21(23)22-6-2-4-8-24(22)25/h5-16,30-31H,1-4H3;1-16,26-27H. The van der Waals surface area contributed by atoms with Crippen LogP contribution in [0, 0.1) is 27.7 Å². The monoisotopic (exact) mass is 756 g/mol. The van der Waals surface area contributed by atoms with Crippen LogP contribution in [0.1, 0.15) is 66.8 Å². The minimum absolute atomic E-state index is 0.249. The summed E-state index contributed by atoms with van der Waals surface area (Å²) in [7, 11) is 0. The van der Waals surface area contributed by atoms with Gasteiger partial charge in [0.25, 0.3) is 0 Å². The second-order valence-electron chi connectivity index (χ2n) is 15.7. The Labute approximate surface area is 339 Å². The van der Waals surface area contributed by atoms with Crippen molar-refractivity contribution in [2.24, 2.45) is 0 Å². The van der Waals surface area contributed by atoms with E-state index >= 15 is 0 Å². The van der Waals surface area contributed by atoms with Crippen molar-refractivity contribution in [3.8, 4) is 45.3 Å². The van der Waals surface area contributed by atoms with Crippen LogP contribution >= 0.6 is 0 Å². The van der Waals surface area contributed by atoms with E-state index < -0.39 is 10.8 Å². The number of aromatic hydroxyl groups is 4. The summed E-state index contributed by atoms with van der Waals surface area (Å²) in [4.78, 5) is 0. The van der Waals surface area contributed by atoms with E-state index in [1.54, 1.807) is 24.3 Å². The maximum absolute atomic E-state index is 10.5. The van der Waals surface area contributed by atoms with Gasteiger partial charge in [0.1, 0.15) is 23.0 Å². The van der Waals surface area contributed by atoms with Crippen LogP contribution < -0.4 is 0 Å². The van der Waals surface area contributed by atoms with Crippen molar-refractivity contribution >= 4 is 0 Å². The zero-order valence-corrected chi connectivity index (χ0v) is 33.0. The molecule has 0 radical (unpaired) electrons. The molecule has 4 heteroatoms. The molecule has 0 saturated heterocycles. The molecule has 2 aliphatic rings. The molecule has 8 aromatic carbocycles. The van der Waals surface area contributed by atoms with Gasteiger partial charge in [-0.05, 0) is 141 Å². The lowest BCUT2D eigenvalue weighted by Crippen LogP contribution is -2.29. The average molecular weight is 757 g/mol. The summed E-state index contributed by atoms with van der Waals surface area (Å²) in [5.41, 5.74) is 16.6. The van der Waals surface area contributed by atoms with Crippen molar-refractivity contribution < 1.29 is 20.4 Å². The zero-order chi connectivity index (χ0) is 40.3. The first-order valence-corrected chi connectivity index (χ1v) is 19.7. The summed E-state index contributed by atoms with van der Waals surface area (Å²) >= 11 is 0. The van der Waals surface area contributed by atoms with Gasteiger partial charge < -0.3 is 20.4 Å². The van der Waals surface area contributed by atoms with Crippen LogP contribution in [-0.4, -0.2) is 20.4 Å². The minimum atomic E-state index is -0.528. The van der Waals surface area contributed by atoms with Gasteiger partial charge in [0.05, 0.1) is 10.8 Å². The first-order valence-electron chi connectivity index (χ1n) is 19.7. The molecular formula is C54H44O4. The molecule has 0 atom stereocenters. The van der Waals surface area contributed by atoms with E-state index in [1.165, 1.54) is 44.5 Å². The smallest absolute Gasteiger partial charge is 0.121 e. The lowest BCUT2D eigenvalue weighted by molar-refractivity contribution is 0.465. The van der Waals surface area contributed by atoms with Crippen LogP contribution in [-0.2, 0) is 10.8 Å². The van der Waals surface area contributed by atoms with Crippen LogP contribution in [0.2, 0.25) is 0 Å². The Hall–Kier alpha value is -7.04. The van der Waals surface area contributed by atoms with E-state index in [4.69, 9.17) is 0 Å². The highest BCUT2D eigenvalue weighted by atomic mass is 16.3. The Morgan fingerprint density at radius 3 is 0.810 bits per heavy atom. The van der Waals surface area contributed by atoms with Crippen LogP contribution in [0.15, 0.2) is 170 Å². The molecule has 4 nitrogen and oxygen atoms in total. The van der Waals surface area contributed by atoms with Crippen LogP contribution in [0.3, 0.4) is 0 Å². The molecular weight excluding hydrogens is 713 g/mol. The molecule has 4 N–H and O–H groups in total. The quantitative estimate of drug-likeness (QED) is 0.144. The van der Waals surface area contributed by atoms with E-state index in [0.29, 0.717) is 11.5 Å². The Morgan fingerprint density at radius 2 is 0.534 bits per heavy atom. The predicted octanol–water partition coefficient (Wildman–Crippen LogP) is 12.2. The lowest BCUT2D eigenvalue weighted by Gasteiger charge is -2.35. The fraction of sp³-hybridized carbons (Fsp3) is 0.111. The number of aryl methyl sites for hydroxylation is 4. The third kappa shape index (κ3) is 5.36. The molecule has 10 rings (SSSR count). The van der Waals surface area contributed by atoms with Crippen molar-refractivity contribution in [3.05, 3.63) is 237 Å². The number of hydrogen-bond acceptors (Lipinski definition) is 4. The molecule has 0 heterocycles. The number of fused-ring (bicyclic) bond motifs is 6. The molecule has 8 aromatic rings. The summed E-state index contributed by atoms with van der Waals surface area (Å²) in [5, 5.41) is 40.7. The van der Waals surface area contributed by atoms with Crippen molar-refractivity contribution in [1.82, 2.24) is 0 Å². The first kappa shape index (κ1) is 36.6. The first-order chi connectivity index (χ1) is 28.1. The molecule has 0 aliphatic heterocycles. The number of phenolic OH excluding ortho intramolecular Hbond substituents is 4. The molecule has 0 fully saturated rings. The fourth-order valence-electron chi connectivity index (χ4n) is 9.82. The molecule has 0 saturated carbocycles. The molecule has 0 aromatic heterocycles. The highest BCUT2D eigenvalue weighted by Crippen LogP contribution is 2.58. The van der Waals surface area contributed by atoms with Gasteiger partial charge in [-0.3, -0.25) is 0 Å². The fourth-order valence-corrected chi connectivity index (χ4v) is 9.82. The third-order valence-corrected chi connectivity index (χ3v) is 12.4. The predicted molar refractivity (Wildman–Crippen MR) is 233 cm³/mol. The zero-order valence-electron chi connectivity index (χ0n) is 33.0. The number of phenols is 4. The van der Waals surface area contributed by atoms with Crippen LogP contribution in [0.5, 0.6) is 23.0 Å². The summed E-state index contributed by atoms with van der Waals surface area (Å²) in [6, 6.07) is 57.5. The van der Waals surface area contributed by atoms with Gasteiger partial charge in [0.2, 0.25) is 0 Å². The Kier molecular flexibility index (Phi) is 8.74. The molecule has 0 amide bonds. The summed E-state index contributed by atoms with van der Waals surface area (Å²) < 4.78 is 0. The molecule has 0 bridgehead atoms. The van der Waals surface area contributed by atoms with Gasteiger partial charge in [0.15, 0.2) is 0 Å². The summed E-state index contributed by atoms with van der Waals surface area (Å²) in [5.74, 6) is 1.19. The van der Waals surface area contributed by atoms with Crippen LogP contribution in [0.25, 0.3) is 22.3 Å². The number of rotatable bonds is 4. The molecule has 284 valence electrons. The van der Waals surface area contributed by atoms with E-state index in [-0.39, 0.29) is 11.5 Å². The Bertz CT molecular complexity index is 2620. The minimum Gasteiger partial charge on any atom is -0.508 e. The van der Waals surface area contributed by atoms with E-state index in [1.807, 2.05) is 52.0 Å². The molecule has 0 spiro atoms. The molecule has 0 unspecified atom stereocenters. The van der Waals surface area contributed by atoms with E-state index in [0.717, 1.165) is 44.5 Å². The van der Waals surface area contributed by atoms with Crippen LogP contribution in [0.4, 0.5) is 0 Å². The maximum atomic E-state index is 10.5. The van der Waals surface area contributed by atoms with E-state index in [2.05, 4.69) is 121 Å². The Balaban J connectivity index is 0.000000152. The van der Waals surface area contributed by atoms with Crippen molar-refractivity contribution in [1.29, 1.82) is 0 Å². The van der Waals surface area contributed by atoms with Gasteiger partial charge in [-0.1, -0.05) is 146 Å². The molecule has 58 heavy (non-hydrogen) atoms. The van der Waals surface area contributed by atoms with Gasteiger partial charge in [-0.2, -0.15) is 0 Å². The SMILES string of the molecule is Cc1cc(C2(c3cc(C)c(O)c(C)c3)c3ccccc3-c3ccccc32)cc(C)c1O.Oc1ccc(C2(c3ccc(O)cc3)c3ccccc3-c3ccccc32)cc1. The van der Waals surface area contributed by atoms with Crippen molar-refractivity contribution in [2.75, 3.05) is 0 Å². The third-order valence-electron chi connectivity index (χ3n) is 12.4. The van der Waals surface area contributed by atoms with Crippen molar-refractivity contribution in [2.45, 2.75) is 38.5 Å². The largest absolute Gasteiger partial charge is 0.508 e. The second kappa shape index (κ2) is 13.9. The average Bonchev–Trinajstić information content (AvgIpc) is 3.71. The normalized spacial score (nSPS) is 13.7. The lowest BCUT2D eigenvalue weighted by atomic mass is 9.66. The maximum Gasteiger partial charge on any atom is 0.121 e.